The molecule has 0 aliphatic heterocycles. The average molecular weight is 454 g/mol. The Labute approximate surface area is 192 Å². The Morgan fingerprint density at radius 2 is 1.84 bits per heavy atom. The number of ether oxygens (including phenoxy) is 2. The number of likely N-dealkylation sites (N-methyl/N-ethyl adjacent to an activating group) is 1. The lowest BCUT2D eigenvalue weighted by molar-refractivity contribution is -0.104. The Kier molecular flexibility index (Phi) is 8.03. The highest BCUT2D eigenvalue weighted by atomic mass is 35.5. The van der Waals surface area contributed by atoms with Gasteiger partial charge < -0.3 is 14.4 Å². The number of aldehydes is 1. The molecule has 3 aromatic carbocycles. The normalized spacial score (nSPS) is 11.5. The predicted octanol–water partition coefficient (Wildman–Crippen LogP) is 5.73. The van der Waals surface area contributed by atoms with Crippen LogP contribution < -0.4 is 9.47 Å². The molecule has 4 nitrogen and oxygen atoms in total. The molecule has 32 heavy (non-hydrogen) atoms. The fourth-order valence-electron chi connectivity index (χ4n) is 3.30. The van der Waals surface area contributed by atoms with Gasteiger partial charge in [0.1, 0.15) is 30.2 Å². The highest BCUT2D eigenvalue weighted by Gasteiger charge is 2.17. The van der Waals surface area contributed by atoms with E-state index in [1.165, 1.54) is 19.3 Å². The number of methoxy groups -OCH3 is 1. The monoisotopic (exact) mass is 453 g/mol. The summed E-state index contributed by atoms with van der Waals surface area (Å²) in [5.41, 5.74) is 2.94. The van der Waals surface area contributed by atoms with Crippen LogP contribution in [0.4, 0.5) is 4.39 Å². The van der Waals surface area contributed by atoms with E-state index in [2.05, 4.69) is 0 Å². The average Bonchev–Trinajstić information content (AvgIpc) is 2.78. The first-order valence-electron chi connectivity index (χ1n) is 10.1. The van der Waals surface area contributed by atoms with E-state index in [9.17, 15) is 9.18 Å². The SMILES string of the molecule is COc1ccc(C(=CC=O)c2cc(-c3ccccc3Cl)ccc2OCCN(C)C)c(F)c1. The van der Waals surface area contributed by atoms with Gasteiger partial charge in [-0.05, 0) is 61.6 Å². The van der Waals surface area contributed by atoms with Crippen molar-refractivity contribution in [2.45, 2.75) is 0 Å². The molecule has 166 valence electrons. The van der Waals surface area contributed by atoms with Crippen molar-refractivity contribution in [1.29, 1.82) is 0 Å². The number of rotatable bonds is 9. The van der Waals surface area contributed by atoms with Gasteiger partial charge in [0.05, 0.1) is 7.11 Å². The second-order valence-electron chi connectivity index (χ2n) is 7.40. The highest BCUT2D eigenvalue weighted by molar-refractivity contribution is 6.33. The van der Waals surface area contributed by atoms with E-state index in [4.69, 9.17) is 21.1 Å². The number of carbonyl (C=O) groups is 1. The summed E-state index contributed by atoms with van der Waals surface area (Å²) < 4.78 is 26.1. The van der Waals surface area contributed by atoms with Crippen molar-refractivity contribution >= 4 is 23.5 Å². The van der Waals surface area contributed by atoms with Gasteiger partial charge in [0, 0.05) is 34.3 Å². The maximum absolute atomic E-state index is 15.0. The summed E-state index contributed by atoms with van der Waals surface area (Å²) >= 11 is 6.40. The molecule has 0 bridgehead atoms. The summed E-state index contributed by atoms with van der Waals surface area (Å²) in [5, 5.41) is 0.594. The first-order chi connectivity index (χ1) is 15.4. The topological polar surface area (TPSA) is 38.8 Å². The number of carbonyl (C=O) groups excluding carboxylic acids is 1. The van der Waals surface area contributed by atoms with E-state index < -0.39 is 5.82 Å². The van der Waals surface area contributed by atoms with E-state index in [0.717, 1.165) is 11.1 Å². The summed E-state index contributed by atoms with van der Waals surface area (Å²) in [6.07, 6.45) is 1.99. The second-order valence-corrected chi connectivity index (χ2v) is 7.81. The standard InChI is InChI=1S/C26H25ClFNO3/c1-29(2)13-15-32-26-11-8-18(20-6-4-5-7-24(20)27)16-23(26)21(12-14-30)22-10-9-19(31-3)17-25(22)28/h4-12,14,16-17H,13,15H2,1-3H3. The number of benzene rings is 3. The van der Waals surface area contributed by atoms with Crippen LogP contribution in [0.3, 0.4) is 0 Å². The van der Waals surface area contributed by atoms with Crippen molar-refractivity contribution in [2.75, 3.05) is 34.4 Å². The van der Waals surface area contributed by atoms with E-state index in [-0.39, 0.29) is 5.56 Å². The fraction of sp³-hybridized carbons (Fsp3) is 0.192. The highest BCUT2D eigenvalue weighted by Crippen LogP contribution is 2.38. The molecule has 0 amide bonds. The molecule has 3 rings (SSSR count). The molecule has 0 aromatic heterocycles. The van der Waals surface area contributed by atoms with Crippen LogP contribution in [-0.2, 0) is 4.79 Å². The molecule has 0 aliphatic carbocycles. The number of hydrogen-bond donors (Lipinski definition) is 0. The zero-order valence-corrected chi connectivity index (χ0v) is 19.0. The van der Waals surface area contributed by atoms with Gasteiger partial charge in [-0.15, -0.1) is 0 Å². The van der Waals surface area contributed by atoms with Gasteiger partial charge in [-0.2, -0.15) is 0 Å². The zero-order valence-electron chi connectivity index (χ0n) is 18.3. The summed E-state index contributed by atoms with van der Waals surface area (Å²) in [4.78, 5) is 13.5. The molecule has 0 saturated heterocycles. The van der Waals surface area contributed by atoms with Crippen molar-refractivity contribution < 1.29 is 18.7 Å². The molecule has 0 N–H and O–H groups in total. The van der Waals surface area contributed by atoms with Crippen LogP contribution >= 0.6 is 11.6 Å². The van der Waals surface area contributed by atoms with Crippen molar-refractivity contribution in [2.24, 2.45) is 0 Å². The second kappa shape index (κ2) is 10.9. The number of allylic oxidation sites excluding steroid dienone is 1. The molecule has 3 aromatic rings. The Morgan fingerprint density at radius 1 is 1.06 bits per heavy atom. The summed E-state index contributed by atoms with van der Waals surface area (Å²) in [5.74, 6) is 0.440. The summed E-state index contributed by atoms with van der Waals surface area (Å²) in [6.45, 7) is 1.14. The first-order valence-corrected chi connectivity index (χ1v) is 10.5. The molecular weight excluding hydrogens is 429 g/mol. The van der Waals surface area contributed by atoms with Gasteiger partial charge in [0.2, 0.25) is 0 Å². The molecule has 6 heteroatoms. The quantitative estimate of drug-likeness (QED) is 0.306. The van der Waals surface area contributed by atoms with Crippen LogP contribution in [0.5, 0.6) is 11.5 Å². The lowest BCUT2D eigenvalue weighted by Gasteiger charge is -2.18. The van der Waals surface area contributed by atoms with E-state index in [0.29, 0.717) is 47.1 Å². The van der Waals surface area contributed by atoms with Gasteiger partial charge >= 0.3 is 0 Å². The van der Waals surface area contributed by atoms with Crippen LogP contribution in [0.15, 0.2) is 66.7 Å². The number of nitrogens with zero attached hydrogens (tertiary/aromatic N) is 1. The van der Waals surface area contributed by atoms with E-state index in [1.54, 1.807) is 12.1 Å². The molecule has 0 spiro atoms. The summed E-state index contributed by atoms with van der Waals surface area (Å²) in [6, 6.07) is 17.6. The van der Waals surface area contributed by atoms with Crippen LogP contribution in [-0.4, -0.2) is 45.5 Å². The third-order valence-electron chi connectivity index (χ3n) is 4.95. The van der Waals surface area contributed by atoms with Crippen LogP contribution in [0.25, 0.3) is 16.7 Å². The predicted molar refractivity (Wildman–Crippen MR) is 127 cm³/mol. The Morgan fingerprint density at radius 3 is 2.50 bits per heavy atom. The molecule has 0 saturated carbocycles. The van der Waals surface area contributed by atoms with Gasteiger partial charge in [0.15, 0.2) is 0 Å². The van der Waals surface area contributed by atoms with Gasteiger partial charge in [0.25, 0.3) is 0 Å². The summed E-state index contributed by atoms with van der Waals surface area (Å²) in [7, 11) is 5.38. The Hall–Kier alpha value is -3.15. The minimum absolute atomic E-state index is 0.270. The maximum atomic E-state index is 15.0. The maximum Gasteiger partial charge on any atom is 0.143 e. The molecule has 0 atom stereocenters. The number of halogens is 2. The molecule has 0 radical (unpaired) electrons. The van der Waals surface area contributed by atoms with Gasteiger partial charge in [-0.25, -0.2) is 4.39 Å². The smallest absolute Gasteiger partial charge is 0.143 e. The van der Waals surface area contributed by atoms with E-state index >= 15 is 0 Å². The fourth-order valence-corrected chi connectivity index (χ4v) is 3.55. The van der Waals surface area contributed by atoms with Crippen molar-refractivity contribution in [3.05, 3.63) is 88.7 Å². The Bertz CT molecular complexity index is 1130. The Balaban J connectivity index is 2.16. The van der Waals surface area contributed by atoms with Crippen LogP contribution in [0, 0.1) is 5.82 Å². The molecule has 0 aliphatic rings. The first kappa shape index (κ1) is 23.5. The van der Waals surface area contributed by atoms with Crippen molar-refractivity contribution in [1.82, 2.24) is 4.90 Å². The lowest BCUT2D eigenvalue weighted by atomic mass is 9.93. The van der Waals surface area contributed by atoms with Crippen LogP contribution in [0.2, 0.25) is 5.02 Å². The minimum atomic E-state index is -0.500. The van der Waals surface area contributed by atoms with Gasteiger partial charge in [-0.3, -0.25) is 4.79 Å². The molecule has 0 heterocycles. The molecule has 0 fully saturated rings. The third kappa shape index (κ3) is 5.55. The van der Waals surface area contributed by atoms with Crippen LogP contribution in [0.1, 0.15) is 11.1 Å². The minimum Gasteiger partial charge on any atom is -0.497 e. The largest absolute Gasteiger partial charge is 0.497 e. The van der Waals surface area contributed by atoms with Crippen molar-refractivity contribution in [3.63, 3.8) is 0 Å². The molecular formula is C26H25ClFNO3. The lowest BCUT2D eigenvalue weighted by Crippen LogP contribution is -2.19. The molecule has 0 unspecified atom stereocenters. The van der Waals surface area contributed by atoms with Gasteiger partial charge in [-0.1, -0.05) is 35.9 Å². The van der Waals surface area contributed by atoms with E-state index in [1.807, 2.05) is 61.5 Å². The van der Waals surface area contributed by atoms with Crippen molar-refractivity contribution in [3.8, 4) is 22.6 Å². The number of hydrogen-bond acceptors (Lipinski definition) is 4. The third-order valence-corrected chi connectivity index (χ3v) is 5.28. The zero-order chi connectivity index (χ0) is 23.1.